The number of hydrogen-bond donors (Lipinski definition) is 2. The number of amidine groups is 1. The lowest BCUT2D eigenvalue weighted by Crippen LogP contribution is -2.39. The van der Waals surface area contributed by atoms with E-state index >= 15 is 0 Å². The quantitative estimate of drug-likeness (QED) is 0.362. The Morgan fingerprint density at radius 2 is 2.35 bits per heavy atom. The smallest absolute Gasteiger partial charge is 0.153 e. The van der Waals surface area contributed by atoms with Gasteiger partial charge in [0.1, 0.15) is 0 Å². The summed E-state index contributed by atoms with van der Waals surface area (Å²) < 4.78 is 0. The molecule has 1 aliphatic carbocycles. The van der Waals surface area contributed by atoms with Crippen LogP contribution in [0.1, 0.15) is 30.6 Å². The third-order valence-electron chi connectivity index (χ3n) is 3.18. The molecule has 0 amide bonds. The van der Waals surface area contributed by atoms with Crippen LogP contribution in [0.2, 0.25) is 0 Å². The number of rotatable bonds is 5. The van der Waals surface area contributed by atoms with Crippen LogP contribution in [0.5, 0.6) is 0 Å². The molecular weight excluding hydrogens is 236 g/mol. The molecule has 94 valence electrons. The van der Waals surface area contributed by atoms with Crippen molar-refractivity contribution in [1.82, 2.24) is 9.88 Å². The Morgan fingerprint density at radius 3 is 2.94 bits per heavy atom. The van der Waals surface area contributed by atoms with Gasteiger partial charge in [-0.3, -0.25) is 9.88 Å². The van der Waals surface area contributed by atoms with Gasteiger partial charge < -0.3 is 10.9 Å². The monoisotopic (exact) mass is 254 g/mol. The molecule has 6 heteroatoms. The zero-order valence-corrected chi connectivity index (χ0v) is 10.6. The van der Waals surface area contributed by atoms with Crippen molar-refractivity contribution in [2.45, 2.75) is 38.3 Å². The molecule has 0 aromatic carbocycles. The summed E-state index contributed by atoms with van der Waals surface area (Å²) in [5.74, 6) is 0.279. The van der Waals surface area contributed by atoms with Crippen LogP contribution in [0.4, 0.5) is 0 Å². The summed E-state index contributed by atoms with van der Waals surface area (Å²) >= 11 is 1.65. The van der Waals surface area contributed by atoms with Crippen molar-refractivity contribution in [3.63, 3.8) is 0 Å². The Hall–Kier alpha value is -1.14. The second kappa shape index (κ2) is 5.97. The van der Waals surface area contributed by atoms with E-state index in [0.29, 0.717) is 12.6 Å². The van der Waals surface area contributed by atoms with Gasteiger partial charge in [0.25, 0.3) is 0 Å². The van der Waals surface area contributed by atoms with Crippen LogP contribution in [0, 0.1) is 0 Å². The summed E-state index contributed by atoms with van der Waals surface area (Å²) in [5, 5.41) is 11.7. The van der Waals surface area contributed by atoms with Crippen LogP contribution >= 0.6 is 11.3 Å². The summed E-state index contributed by atoms with van der Waals surface area (Å²) in [5.41, 5.74) is 7.46. The first-order valence-corrected chi connectivity index (χ1v) is 6.75. The van der Waals surface area contributed by atoms with Gasteiger partial charge >= 0.3 is 0 Å². The highest BCUT2D eigenvalue weighted by Crippen LogP contribution is 2.25. The molecule has 1 aromatic rings. The Labute approximate surface area is 105 Å². The van der Waals surface area contributed by atoms with Crippen molar-refractivity contribution in [1.29, 1.82) is 0 Å². The molecule has 0 aliphatic heterocycles. The van der Waals surface area contributed by atoms with E-state index in [1.165, 1.54) is 30.6 Å². The SMILES string of the molecule is NC(CN(Cc1cncs1)C1CCCC1)=NO. The van der Waals surface area contributed by atoms with Crippen molar-refractivity contribution in [3.05, 3.63) is 16.6 Å². The Kier molecular flexibility index (Phi) is 4.33. The number of aromatic nitrogens is 1. The lowest BCUT2D eigenvalue weighted by molar-refractivity contribution is 0.215. The van der Waals surface area contributed by atoms with E-state index in [1.54, 1.807) is 11.3 Å². The second-order valence-electron chi connectivity index (χ2n) is 4.40. The van der Waals surface area contributed by atoms with Crippen molar-refractivity contribution < 1.29 is 5.21 Å². The average Bonchev–Trinajstić information content (AvgIpc) is 3.00. The molecular formula is C11H18N4OS. The molecule has 0 saturated heterocycles. The zero-order valence-electron chi connectivity index (χ0n) is 9.75. The Bertz CT molecular complexity index is 360. The Balaban J connectivity index is 2.00. The van der Waals surface area contributed by atoms with Crippen LogP contribution in [0.15, 0.2) is 16.9 Å². The van der Waals surface area contributed by atoms with Crippen LogP contribution in [-0.4, -0.2) is 33.5 Å². The normalized spacial score (nSPS) is 18.1. The maximum absolute atomic E-state index is 8.68. The largest absolute Gasteiger partial charge is 0.409 e. The van der Waals surface area contributed by atoms with Gasteiger partial charge in [-0.1, -0.05) is 18.0 Å². The van der Waals surface area contributed by atoms with E-state index in [2.05, 4.69) is 15.0 Å². The van der Waals surface area contributed by atoms with Gasteiger partial charge in [-0.15, -0.1) is 11.3 Å². The summed E-state index contributed by atoms with van der Waals surface area (Å²) in [4.78, 5) is 7.59. The molecule has 1 saturated carbocycles. The first-order chi connectivity index (χ1) is 8.29. The maximum atomic E-state index is 8.68. The Morgan fingerprint density at radius 1 is 1.59 bits per heavy atom. The van der Waals surface area contributed by atoms with Gasteiger partial charge in [-0.2, -0.15) is 0 Å². The van der Waals surface area contributed by atoms with E-state index in [1.807, 2.05) is 11.7 Å². The minimum Gasteiger partial charge on any atom is -0.409 e. The molecule has 17 heavy (non-hydrogen) atoms. The topological polar surface area (TPSA) is 74.7 Å². The van der Waals surface area contributed by atoms with Crippen molar-refractivity contribution >= 4 is 17.2 Å². The molecule has 2 rings (SSSR count). The predicted molar refractivity (Wildman–Crippen MR) is 68.2 cm³/mol. The number of thiazole rings is 1. The van der Waals surface area contributed by atoms with Crippen LogP contribution in [0.25, 0.3) is 0 Å². The fourth-order valence-corrected chi connectivity index (χ4v) is 2.96. The van der Waals surface area contributed by atoms with Gasteiger partial charge in [-0.05, 0) is 12.8 Å². The highest BCUT2D eigenvalue weighted by Gasteiger charge is 2.23. The zero-order chi connectivity index (χ0) is 12.1. The fourth-order valence-electron chi connectivity index (χ4n) is 2.34. The molecule has 3 N–H and O–H groups in total. The van der Waals surface area contributed by atoms with Crippen molar-refractivity contribution in [3.8, 4) is 0 Å². The molecule has 1 fully saturated rings. The molecule has 1 aromatic heterocycles. The lowest BCUT2D eigenvalue weighted by atomic mass is 10.2. The second-order valence-corrected chi connectivity index (χ2v) is 5.37. The lowest BCUT2D eigenvalue weighted by Gasteiger charge is -2.27. The molecule has 0 unspecified atom stereocenters. The van der Waals surface area contributed by atoms with E-state index in [0.717, 1.165) is 6.54 Å². The summed E-state index contributed by atoms with van der Waals surface area (Å²) in [7, 11) is 0. The average molecular weight is 254 g/mol. The first kappa shape index (κ1) is 12.3. The summed E-state index contributed by atoms with van der Waals surface area (Å²) in [6.45, 7) is 1.37. The molecule has 0 bridgehead atoms. The number of nitrogens with two attached hydrogens (primary N) is 1. The molecule has 1 aliphatic rings. The van der Waals surface area contributed by atoms with E-state index in [-0.39, 0.29) is 5.84 Å². The minimum absolute atomic E-state index is 0.279. The van der Waals surface area contributed by atoms with Crippen LogP contribution < -0.4 is 5.73 Å². The number of hydrogen-bond acceptors (Lipinski definition) is 5. The number of nitrogens with zero attached hydrogens (tertiary/aromatic N) is 3. The predicted octanol–water partition coefficient (Wildman–Crippen LogP) is 1.63. The molecule has 5 nitrogen and oxygen atoms in total. The fraction of sp³-hybridized carbons (Fsp3) is 0.636. The van der Waals surface area contributed by atoms with Crippen LogP contribution in [-0.2, 0) is 6.54 Å². The van der Waals surface area contributed by atoms with Crippen LogP contribution in [0.3, 0.4) is 0 Å². The summed E-state index contributed by atoms with van der Waals surface area (Å²) in [6.07, 6.45) is 6.86. The van der Waals surface area contributed by atoms with E-state index in [4.69, 9.17) is 10.9 Å². The molecule has 0 radical (unpaired) electrons. The standard InChI is InChI=1S/C11H18N4OS/c12-11(14-16)7-15(9-3-1-2-4-9)6-10-5-13-8-17-10/h5,8-9,16H,1-4,6-7H2,(H2,12,14). The van der Waals surface area contributed by atoms with Gasteiger partial charge in [0.05, 0.1) is 12.1 Å². The van der Waals surface area contributed by atoms with E-state index < -0.39 is 0 Å². The van der Waals surface area contributed by atoms with Crippen molar-refractivity contribution in [2.75, 3.05) is 6.54 Å². The van der Waals surface area contributed by atoms with E-state index in [9.17, 15) is 0 Å². The first-order valence-electron chi connectivity index (χ1n) is 5.87. The molecule has 1 heterocycles. The molecule has 0 atom stereocenters. The third kappa shape index (κ3) is 3.41. The van der Waals surface area contributed by atoms with Gasteiger partial charge in [0, 0.05) is 23.7 Å². The number of oxime groups is 1. The van der Waals surface area contributed by atoms with Gasteiger partial charge in [0.2, 0.25) is 0 Å². The highest BCUT2D eigenvalue weighted by atomic mass is 32.1. The maximum Gasteiger partial charge on any atom is 0.153 e. The van der Waals surface area contributed by atoms with Gasteiger partial charge in [0.15, 0.2) is 5.84 Å². The third-order valence-corrected chi connectivity index (χ3v) is 3.94. The summed E-state index contributed by atoms with van der Waals surface area (Å²) in [6, 6.07) is 0.553. The van der Waals surface area contributed by atoms with Crippen molar-refractivity contribution in [2.24, 2.45) is 10.9 Å². The molecule has 0 spiro atoms. The highest BCUT2D eigenvalue weighted by molar-refractivity contribution is 7.09. The van der Waals surface area contributed by atoms with Gasteiger partial charge in [-0.25, -0.2) is 0 Å². The minimum atomic E-state index is 0.279.